The number of hydrogen-bond acceptors (Lipinski definition) is 5. The first-order valence-corrected chi connectivity index (χ1v) is 13.7. The highest BCUT2D eigenvalue weighted by atomic mass is 35.5. The molecule has 4 N–H and O–H groups in total. The first-order valence-electron chi connectivity index (χ1n) is 12.9. The molecule has 2 aromatic carbocycles. The van der Waals surface area contributed by atoms with Crippen LogP contribution < -0.4 is 10.6 Å². The molecule has 0 aliphatic carbocycles. The fourth-order valence-electron chi connectivity index (χ4n) is 5.27. The van der Waals surface area contributed by atoms with Crippen LogP contribution in [-0.2, 0) is 10.2 Å². The second-order valence-corrected chi connectivity index (χ2v) is 12.0. The van der Waals surface area contributed by atoms with Gasteiger partial charge in [0, 0.05) is 29.1 Å². The summed E-state index contributed by atoms with van der Waals surface area (Å²) in [5.41, 5.74) is -2.07. The monoisotopic (exact) mass is 581 g/mol. The van der Waals surface area contributed by atoms with Gasteiger partial charge in [-0.1, -0.05) is 69.1 Å². The van der Waals surface area contributed by atoms with E-state index in [0.29, 0.717) is 6.42 Å². The van der Waals surface area contributed by atoms with Gasteiger partial charge in [-0.15, -0.1) is 0 Å². The molecular weight excluding hydrogens is 547 g/mol. The Morgan fingerprint density at radius 3 is 2.54 bits per heavy atom. The molecule has 1 amide bonds. The van der Waals surface area contributed by atoms with E-state index in [-0.39, 0.29) is 45.5 Å². The predicted molar refractivity (Wildman–Crippen MR) is 148 cm³/mol. The molecule has 1 aliphatic rings. The Bertz CT molecular complexity index is 1240. The van der Waals surface area contributed by atoms with Gasteiger partial charge in [0.25, 0.3) is 0 Å². The highest BCUT2D eigenvalue weighted by Gasteiger charge is 2.61. The zero-order chi connectivity index (χ0) is 29.1. The minimum Gasteiger partial charge on any atom is -0.394 e. The van der Waals surface area contributed by atoms with Crippen molar-refractivity contribution in [2.45, 2.75) is 70.1 Å². The van der Waals surface area contributed by atoms with Gasteiger partial charge < -0.3 is 20.8 Å². The maximum atomic E-state index is 15.7. The molecule has 0 bridgehead atoms. The van der Waals surface area contributed by atoms with Crippen LogP contribution in [0.3, 0.4) is 0 Å². The molecule has 1 saturated heterocycles. The number of carbonyl (C=O) groups excluding carboxylic acids is 1. The number of carbonyl (C=O) groups is 1. The average Bonchev–Trinajstić information content (AvgIpc) is 3.19. The molecule has 6 nitrogen and oxygen atoms in total. The van der Waals surface area contributed by atoms with Gasteiger partial charge in [0.15, 0.2) is 0 Å². The summed E-state index contributed by atoms with van der Waals surface area (Å²) in [6.45, 7) is 7.69. The van der Waals surface area contributed by atoms with Gasteiger partial charge in [-0.05, 0) is 47.9 Å². The third-order valence-corrected chi connectivity index (χ3v) is 8.72. The van der Waals surface area contributed by atoms with Crippen molar-refractivity contribution in [2.75, 3.05) is 13.2 Å². The first kappa shape index (κ1) is 31.3. The lowest BCUT2D eigenvalue weighted by Gasteiger charge is -2.39. The van der Waals surface area contributed by atoms with Crippen molar-refractivity contribution in [3.8, 4) is 6.07 Å². The minimum absolute atomic E-state index is 0.00170. The summed E-state index contributed by atoms with van der Waals surface area (Å²) in [4.78, 5) is 13.6. The second-order valence-electron chi connectivity index (χ2n) is 11.2. The number of hydrogen-bond donors (Lipinski definition) is 4. The number of nitriles is 1. The fourth-order valence-corrected chi connectivity index (χ4v) is 5.61. The molecule has 10 heteroatoms. The Hall–Kier alpha value is -2.28. The standard InChI is InChI=1S/C29H35Cl2F2N3O3/c1-16(2)28(3,4)13-23-29(15-34,20-9-8-17(30)12-22(20)32)24(19-6-5-7-21(31)25(19)33)26(36-23)27(39)35-11-10-18(38)14-37/h5-9,12,16,18,23-24,26,36-38H,10-11,13-14H2,1-4H3,(H,35,39)/t18-,23?,24?,26?,29?/m1/s1. The number of aliphatic hydroxyl groups is 2. The topological polar surface area (TPSA) is 105 Å². The van der Waals surface area contributed by atoms with Gasteiger partial charge >= 0.3 is 0 Å². The predicted octanol–water partition coefficient (Wildman–Crippen LogP) is 5.09. The maximum absolute atomic E-state index is 15.7. The third-order valence-electron chi connectivity index (χ3n) is 8.20. The van der Waals surface area contributed by atoms with Crippen molar-refractivity contribution in [1.82, 2.24) is 10.6 Å². The van der Waals surface area contributed by atoms with Gasteiger partial charge in [0.2, 0.25) is 5.91 Å². The van der Waals surface area contributed by atoms with Gasteiger partial charge in [0.1, 0.15) is 17.0 Å². The SMILES string of the molecule is CC(C)C(C)(C)CC1NC(C(=O)NCC[C@@H](O)CO)C(c2cccc(Cl)c2F)C1(C#N)c1ccc(Cl)cc1F. The van der Waals surface area contributed by atoms with Crippen molar-refractivity contribution < 1.29 is 23.8 Å². The molecule has 2 aromatic rings. The van der Waals surface area contributed by atoms with Crippen molar-refractivity contribution in [1.29, 1.82) is 5.26 Å². The van der Waals surface area contributed by atoms with Crippen LogP contribution in [0.1, 0.15) is 57.6 Å². The number of halogens is 4. The molecule has 0 saturated carbocycles. The molecular formula is C29H35Cl2F2N3O3. The van der Waals surface area contributed by atoms with E-state index in [0.717, 1.165) is 6.07 Å². The molecule has 1 fully saturated rings. The first-order chi connectivity index (χ1) is 18.3. The molecule has 0 spiro atoms. The summed E-state index contributed by atoms with van der Waals surface area (Å²) < 4.78 is 31.4. The van der Waals surface area contributed by atoms with Crippen molar-refractivity contribution in [3.05, 3.63) is 69.2 Å². The van der Waals surface area contributed by atoms with Gasteiger partial charge in [0.05, 0.1) is 29.8 Å². The molecule has 3 rings (SSSR count). The molecule has 1 heterocycles. The summed E-state index contributed by atoms with van der Waals surface area (Å²) in [5, 5.41) is 35.7. The Morgan fingerprint density at radius 2 is 1.95 bits per heavy atom. The van der Waals surface area contributed by atoms with Gasteiger partial charge in [-0.3, -0.25) is 4.79 Å². The molecule has 5 atom stereocenters. The number of nitrogens with one attached hydrogen (secondary N) is 2. The third kappa shape index (κ3) is 6.23. The van der Waals surface area contributed by atoms with E-state index >= 15 is 8.78 Å². The van der Waals surface area contributed by atoms with Crippen LogP contribution in [0.15, 0.2) is 36.4 Å². The van der Waals surface area contributed by atoms with E-state index in [1.165, 1.54) is 30.3 Å². The fraction of sp³-hybridized carbons (Fsp3) is 0.517. The second kappa shape index (κ2) is 12.5. The molecule has 0 radical (unpaired) electrons. The smallest absolute Gasteiger partial charge is 0.237 e. The van der Waals surface area contributed by atoms with E-state index in [9.17, 15) is 15.2 Å². The number of aliphatic hydroxyl groups excluding tert-OH is 2. The number of rotatable bonds is 10. The normalized spacial score (nSPS) is 24.0. The summed E-state index contributed by atoms with van der Waals surface area (Å²) in [6, 6.07) is 8.76. The molecule has 212 valence electrons. The van der Waals surface area contributed by atoms with E-state index in [4.69, 9.17) is 28.3 Å². The Labute approximate surface area is 238 Å². The summed E-state index contributed by atoms with van der Waals surface area (Å²) in [6.07, 6.45) is -0.570. The molecule has 0 aromatic heterocycles. The van der Waals surface area contributed by atoms with Crippen molar-refractivity contribution in [3.63, 3.8) is 0 Å². The Morgan fingerprint density at radius 1 is 1.26 bits per heavy atom. The zero-order valence-corrected chi connectivity index (χ0v) is 24.0. The lowest BCUT2D eigenvalue weighted by atomic mass is 9.61. The summed E-state index contributed by atoms with van der Waals surface area (Å²) in [7, 11) is 0. The van der Waals surface area contributed by atoms with Crippen LogP contribution in [0.25, 0.3) is 0 Å². The minimum atomic E-state index is -1.72. The lowest BCUT2D eigenvalue weighted by molar-refractivity contribution is -0.123. The Balaban J connectivity index is 2.26. The number of benzene rings is 2. The van der Waals surface area contributed by atoms with E-state index in [1.54, 1.807) is 0 Å². The van der Waals surface area contributed by atoms with Crippen molar-refractivity contribution >= 4 is 29.1 Å². The highest BCUT2D eigenvalue weighted by molar-refractivity contribution is 6.31. The zero-order valence-electron chi connectivity index (χ0n) is 22.4. The van der Waals surface area contributed by atoms with Crippen molar-refractivity contribution in [2.24, 2.45) is 11.3 Å². The maximum Gasteiger partial charge on any atom is 0.237 e. The van der Waals surface area contributed by atoms with Crippen LogP contribution in [0.5, 0.6) is 0 Å². The molecule has 4 unspecified atom stereocenters. The van der Waals surface area contributed by atoms with E-state index < -0.39 is 53.7 Å². The number of amides is 1. The molecule has 1 aliphatic heterocycles. The van der Waals surface area contributed by atoms with E-state index in [1.807, 2.05) is 27.7 Å². The quantitative estimate of drug-likeness (QED) is 0.313. The average molecular weight is 583 g/mol. The van der Waals surface area contributed by atoms with Crippen LogP contribution in [0, 0.1) is 34.3 Å². The van der Waals surface area contributed by atoms with E-state index in [2.05, 4.69) is 16.7 Å². The molecule has 39 heavy (non-hydrogen) atoms. The lowest BCUT2D eigenvalue weighted by Crippen LogP contribution is -2.47. The summed E-state index contributed by atoms with van der Waals surface area (Å²) in [5.74, 6) is -3.09. The Kier molecular flexibility index (Phi) is 10.0. The number of nitrogens with zero attached hydrogens (tertiary/aromatic N) is 1. The van der Waals surface area contributed by atoms with Crippen LogP contribution >= 0.6 is 23.2 Å². The van der Waals surface area contributed by atoms with Crippen LogP contribution in [0.2, 0.25) is 10.0 Å². The largest absolute Gasteiger partial charge is 0.394 e. The van der Waals surface area contributed by atoms with Gasteiger partial charge in [-0.25, -0.2) is 8.78 Å². The summed E-state index contributed by atoms with van der Waals surface area (Å²) >= 11 is 12.2. The van der Waals surface area contributed by atoms with Gasteiger partial charge in [-0.2, -0.15) is 5.26 Å². The van der Waals surface area contributed by atoms with Crippen LogP contribution in [-0.4, -0.2) is 47.5 Å². The van der Waals surface area contributed by atoms with Crippen LogP contribution in [0.4, 0.5) is 8.78 Å². The highest BCUT2D eigenvalue weighted by Crippen LogP contribution is 2.53.